The van der Waals surface area contributed by atoms with Crippen molar-refractivity contribution in [1.29, 1.82) is 0 Å². The second-order valence-electron chi connectivity index (χ2n) is 5.26. The Kier molecular flexibility index (Phi) is 4.02. The zero-order valence-electron chi connectivity index (χ0n) is 11.1. The molecule has 1 aliphatic heterocycles. The summed E-state index contributed by atoms with van der Waals surface area (Å²) >= 11 is 0. The molecule has 1 N–H and O–H groups in total. The van der Waals surface area contributed by atoms with Crippen molar-refractivity contribution in [3.05, 3.63) is 35.4 Å². The summed E-state index contributed by atoms with van der Waals surface area (Å²) in [7, 11) is 0. The number of carbonyl (C=O) groups is 1. The van der Waals surface area contributed by atoms with Crippen molar-refractivity contribution in [3.63, 3.8) is 0 Å². The van der Waals surface area contributed by atoms with E-state index in [0.717, 1.165) is 19.4 Å². The number of benzene rings is 1. The number of aryl methyl sites for hydroxylation is 1. The third-order valence-corrected chi connectivity index (χ3v) is 3.91. The molecule has 1 saturated heterocycles. The van der Waals surface area contributed by atoms with Crippen LogP contribution in [0.25, 0.3) is 0 Å². The van der Waals surface area contributed by atoms with Gasteiger partial charge in [-0.1, -0.05) is 29.8 Å². The van der Waals surface area contributed by atoms with Crippen molar-refractivity contribution in [2.45, 2.75) is 32.7 Å². The lowest BCUT2D eigenvalue weighted by molar-refractivity contribution is -0.143. The van der Waals surface area contributed by atoms with E-state index in [1.165, 1.54) is 11.1 Å². The minimum atomic E-state index is -0.657. The van der Waals surface area contributed by atoms with Crippen LogP contribution >= 0.6 is 0 Å². The van der Waals surface area contributed by atoms with E-state index in [0.29, 0.717) is 12.6 Å². The van der Waals surface area contributed by atoms with Crippen molar-refractivity contribution in [2.24, 2.45) is 5.92 Å². The van der Waals surface area contributed by atoms with Gasteiger partial charge >= 0.3 is 5.97 Å². The van der Waals surface area contributed by atoms with Crippen molar-refractivity contribution in [2.75, 3.05) is 13.1 Å². The van der Waals surface area contributed by atoms with E-state index in [-0.39, 0.29) is 5.92 Å². The van der Waals surface area contributed by atoms with Gasteiger partial charge in [-0.05, 0) is 38.8 Å². The second kappa shape index (κ2) is 5.53. The van der Waals surface area contributed by atoms with E-state index in [4.69, 9.17) is 5.11 Å². The van der Waals surface area contributed by atoms with Crippen molar-refractivity contribution >= 4 is 5.97 Å². The molecule has 2 rings (SSSR count). The van der Waals surface area contributed by atoms with Crippen LogP contribution in [-0.4, -0.2) is 29.1 Å². The highest BCUT2D eigenvalue weighted by Crippen LogP contribution is 2.26. The second-order valence-corrected chi connectivity index (χ2v) is 5.26. The van der Waals surface area contributed by atoms with Gasteiger partial charge in [-0.15, -0.1) is 0 Å². The number of piperidine rings is 1. The molecule has 3 heteroatoms. The number of nitrogens with zero attached hydrogens (tertiary/aromatic N) is 1. The Labute approximate surface area is 108 Å². The van der Waals surface area contributed by atoms with Crippen LogP contribution in [0.3, 0.4) is 0 Å². The zero-order valence-corrected chi connectivity index (χ0v) is 11.1. The lowest BCUT2D eigenvalue weighted by Crippen LogP contribution is -2.40. The molecule has 0 radical (unpaired) electrons. The summed E-state index contributed by atoms with van der Waals surface area (Å²) < 4.78 is 0. The molecule has 1 aliphatic rings. The van der Waals surface area contributed by atoms with Crippen LogP contribution in [0.1, 0.15) is 36.9 Å². The van der Waals surface area contributed by atoms with Gasteiger partial charge in [-0.25, -0.2) is 0 Å². The predicted octanol–water partition coefficient (Wildman–Crippen LogP) is 2.85. The molecule has 3 nitrogen and oxygen atoms in total. The van der Waals surface area contributed by atoms with E-state index in [9.17, 15) is 4.79 Å². The van der Waals surface area contributed by atoms with Gasteiger partial charge in [0.2, 0.25) is 0 Å². The third kappa shape index (κ3) is 2.91. The summed E-state index contributed by atoms with van der Waals surface area (Å²) in [5.41, 5.74) is 2.53. The first-order chi connectivity index (χ1) is 8.58. The van der Waals surface area contributed by atoms with Gasteiger partial charge in [0.1, 0.15) is 0 Å². The third-order valence-electron chi connectivity index (χ3n) is 3.91. The number of rotatable bonds is 3. The van der Waals surface area contributed by atoms with Crippen LogP contribution in [0.5, 0.6) is 0 Å². The molecule has 0 aromatic heterocycles. The topological polar surface area (TPSA) is 40.5 Å². The largest absolute Gasteiger partial charge is 0.481 e. The minimum Gasteiger partial charge on any atom is -0.481 e. The number of likely N-dealkylation sites (tertiary alicyclic amines) is 1. The van der Waals surface area contributed by atoms with E-state index < -0.39 is 5.97 Å². The van der Waals surface area contributed by atoms with E-state index in [2.05, 4.69) is 43.0 Å². The Morgan fingerprint density at radius 2 is 2.06 bits per heavy atom. The first-order valence-corrected chi connectivity index (χ1v) is 6.61. The lowest BCUT2D eigenvalue weighted by atomic mass is 9.95. The molecule has 1 aromatic rings. The van der Waals surface area contributed by atoms with Gasteiger partial charge in [0.25, 0.3) is 0 Å². The molecule has 1 heterocycles. The highest BCUT2D eigenvalue weighted by Gasteiger charge is 2.28. The highest BCUT2D eigenvalue weighted by atomic mass is 16.4. The number of aliphatic carboxylic acids is 1. The summed E-state index contributed by atoms with van der Waals surface area (Å²) in [5.74, 6) is -0.859. The normalized spacial score (nSPS) is 22.7. The molecule has 98 valence electrons. The lowest BCUT2D eigenvalue weighted by Gasteiger charge is -2.35. The summed E-state index contributed by atoms with van der Waals surface area (Å²) in [6, 6.07) is 8.82. The Hall–Kier alpha value is -1.35. The van der Waals surface area contributed by atoms with Crippen molar-refractivity contribution in [3.8, 4) is 0 Å². The molecular formula is C15H21NO2. The first-order valence-electron chi connectivity index (χ1n) is 6.61. The smallest absolute Gasteiger partial charge is 0.307 e. The quantitative estimate of drug-likeness (QED) is 0.893. The summed E-state index contributed by atoms with van der Waals surface area (Å²) in [5, 5.41) is 9.12. The van der Waals surface area contributed by atoms with Gasteiger partial charge < -0.3 is 5.11 Å². The van der Waals surface area contributed by atoms with Crippen molar-refractivity contribution in [1.82, 2.24) is 4.90 Å². The van der Waals surface area contributed by atoms with Crippen molar-refractivity contribution < 1.29 is 9.90 Å². The molecule has 0 bridgehead atoms. The minimum absolute atomic E-state index is 0.202. The standard InChI is InChI=1S/C15H21NO2/c1-11-5-7-13(8-6-11)12(2)16-9-3-4-14(10-16)15(17)18/h5-8,12,14H,3-4,9-10H2,1-2H3,(H,17,18). The maximum absolute atomic E-state index is 11.1. The summed E-state index contributed by atoms with van der Waals surface area (Å²) in [6.45, 7) is 5.91. The van der Waals surface area contributed by atoms with Crippen LogP contribution in [-0.2, 0) is 4.79 Å². The van der Waals surface area contributed by atoms with Crippen LogP contribution < -0.4 is 0 Å². The number of carboxylic acids is 1. The van der Waals surface area contributed by atoms with Crippen LogP contribution in [0, 0.1) is 12.8 Å². The molecule has 2 atom stereocenters. The van der Waals surface area contributed by atoms with E-state index in [1.54, 1.807) is 0 Å². The monoisotopic (exact) mass is 247 g/mol. The van der Waals surface area contributed by atoms with Crippen LogP contribution in [0.4, 0.5) is 0 Å². The van der Waals surface area contributed by atoms with Gasteiger partial charge in [-0.3, -0.25) is 9.69 Å². The highest BCUT2D eigenvalue weighted by molar-refractivity contribution is 5.70. The first kappa shape index (κ1) is 13.1. The predicted molar refractivity (Wildman–Crippen MR) is 71.5 cm³/mol. The molecule has 0 aliphatic carbocycles. The Bertz CT molecular complexity index is 413. The Morgan fingerprint density at radius 1 is 1.39 bits per heavy atom. The van der Waals surface area contributed by atoms with Gasteiger partial charge in [0, 0.05) is 12.6 Å². The van der Waals surface area contributed by atoms with Crippen LogP contribution in [0.15, 0.2) is 24.3 Å². The average molecular weight is 247 g/mol. The van der Waals surface area contributed by atoms with E-state index in [1.807, 2.05) is 0 Å². The maximum Gasteiger partial charge on any atom is 0.307 e. The molecule has 0 spiro atoms. The molecular weight excluding hydrogens is 226 g/mol. The van der Waals surface area contributed by atoms with Gasteiger partial charge in [0.05, 0.1) is 5.92 Å². The number of hydrogen-bond donors (Lipinski definition) is 1. The summed E-state index contributed by atoms with van der Waals surface area (Å²) in [4.78, 5) is 13.4. The molecule has 0 amide bonds. The maximum atomic E-state index is 11.1. The van der Waals surface area contributed by atoms with Gasteiger partial charge in [-0.2, -0.15) is 0 Å². The van der Waals surface area contributed by atoms with Gasteiger partial charge in [0.15, 0.2) is 0 Å². The number of carboxylic acid groups (broad SMARTS) is 1. The zero-order chi connectivity index (χ0) is 13.1. The molecule has 18 heavy (non-hydrogen) atoms. The fourth-order valence-electron chi connectivity index (χ4n) is 2.62. The fraction of sp³-hybridized carbons (Fsp3) is 0.533. The Morgan fingerprint density at radius 3 is 2.67 bits per heavy atom. The Balaban J connectivity index is 2.06. The molecule has 1 fully saturated rings. The molecule has 2 unspecified atom stereocenters. The SMILES string of the molecule is Cc1ccc(C(C)N2CCCC(C(=O)O)C2)cc1. The molecule has 0 saturated carbocycles. The number of hydrogen-bond acceptors (Lipinski definition) is 2. The molecule has 1 aromatic carbocycles. The average Bonchev–Trinajstić information content (AvgIpc) is 2.39. The van der Waals surface area contributed by atoms with Crippen LogP contribution in [0.2, 0.25) is 0 Å². The summed E-state index contributed by atoms with van der Waals surface area (Å²) in [6.07, 6.45) is 1.79. The fourth-order valence-corrected chi connectivity index (χ4v) is 2.62. The van der Waals surface area contributed by atoms with E-state index >= 15 is 0 Å².